The van der Waals surface area contributed by atoms with Crippen molar-refractivity contribution < 1.29 is 29.0 Å². The lowest BCUT2D eigenvalue weighted by Gasteiger charge is -2.40. The minimum atomic E-state index is -1.23. The summed E-state index contributed by atoms with van der Waals surface area (Å²) in [6, 6.07) is 5.83. The quantitative estimate of drug-likeness (QED) is 0.170. The van der Waals surface area contributed by atoms with Gasteiger partial charge in [-0.05, 0) is 63.0 Å². The summed E-state index contributed by atoms with van der Waals surface area (Å²) in [6.45, 7) is 13.8. The number of hydrogen-bond donors (Lipinski definition) is 1. The molecule has 3 fully saturated rings. The molecular weight excluding hydrogens is 574 g/mol. The molecule has 1 N–H and O–H groups in total. The third-order valence-corrected chi connectivity index (χ3v) is 9.89. The largest absolute Gasteiger partial charge is 0.465 e. The summed E-state index contributed by atoms with van der Waals surface area (Å²) in [5.74, 6) is -2.71. The van der Waals surface area contributed by atoms with Crippen molar-refractivity contribution >= 4 is 28.8 Å². The fraction of sp³-hybridized carbons (Fsp3) is 0.618. The number of aromatic nitrogens is 3. The van der Waals surface area contributed by atoms with Gasteiger partial charge in [0.1, 0.15) is 29.7 Å². The van der Waals surface area contributed by atoms with Gasteiger partial charge in [-0.15, -0.1) is 18.3 Å². The lowest BCUT2D eigenvalue weighted by Crippen LogP contribution is -2.59. The van der Waals surface area contributed by atoms with Gasteiger partial charge < -0.3 is 24.4 Å². The van der Waals surface area contributed by atoms with Crippen molar-refractivity contribution in [3.63, 3.8) is 0 Å². The average molecular weight is 622 g/mol. The second kappa shape index (κ2) is 13.4. The van der Waals surface area contributed by atoms with Crippen LogP contribution in [0.2, 0.25) is 0 Å². The molecule has 3 aliphatic rings. The molecule has 4 heterocycles. The van der Waals surface area contributed by atoms with Gasteiger partial charge in [0.05, 0.1) is 36.3 Å². The summed E-state index contributed by atoms with van der Waals surface area (Å²) < 4.78 is 14.3. The number of hydrogen-bond acceptors (Lipinski definition) is 8. The Morgan fingerprint density at radius 2 is 2.00 bits per heavy atom. The molecule has 1 aromatic carbocycles. The monoisotopic (exact) mass is 621 g/mol. The van der Waals surface area contributed by atoms with Crippen LogP contribution in [-0.2, 0) is 30.5 Å². The Bertz CT molecular complexity index is 1420. The van der Waals surface area contributed by atoms with Gasteiger partial charge in [-0.2, -0.15) is 0 Å². The molecule has 0 saturated carbocycles. The van der Waals surface area contributed by atoms with E-state index in [-0.39, 0.29) is 44.2 Å². The van der Waals surface area contributed by atoms with Crippen LogP contribution in [0.4, 0.5) is 0 Å². The van der Waals surface area contributed by atoms with E-state index < -0.39 is 41.1 Å². The normalized spacial score (nSPS) is 27.6. The van der Waals surface area contributed by atoms with Crippen molar-refractivity contribution in [1.82, 2.24) is 24.8 Å². The molecular formula is C34H47N5O6. The highest BCUT2D eigenvalue weighted by molar-refractivity contribution is 5.98. The third kappa shape index (κ3) is 5.69. The third-order valence-electron chi connectivity index (χ3n) is 9.89. The maximum absolute atomic E-state index is 14.9. The fourth-order valence-electron chi connectivity index (χ4n) is 7.89. The van der Waals surface area contributed by atoms with Crippen LogP contribution < -0.4 is 0 Å². The van der Waals surface area contributed by atoms with Crippen LogP contribution in [0, 0.1) is 17.8 Å². The molecule has 244 valence electrons. The number of likely N-dealkylation sites (tertiary alicyclic amines) is 1. The summed E-state index contributed by atoms with van der Waals surface area (Å²) in [4.78, 5) is 46.4. The first-order valence-electron chi connectivity index (χ1n) is 16.3. The molecule has 3 aliphatic heterocycles. The topological polar surface area (TPSA) is 127 Å². The molecule has 2 unspecified atom stereocenters. The number of unbranched alkanes of at least 4 members (excludes halogenated alkanes) is 2. The Kier molecular flexibility index (Phi) is 9.79. The molecule has 11 nitrogen and oxygen atoms in total. The average Bonchev–Trinajstić information content (AvgIpc) is 3.76. The summed E-state index contributed by atoms with van der Waals surface area (Å²) in [7, 11) is 0. The van der Waals surface area contributed by atoms with Crippen LogP contribution in [0.1, 0.15) is 65.7 Å². The Morgan fingerprint density at radius 3 is 2.69 bits per heavy atom. The number of allylic oxidation sites excluding steroid dienone is 1. The van der Waals surface area contributed by atoms with Crippen molar-refractivity contribution in [2.45, 2.75) is 95.7 Å². The van der Waals surface area contributed by atoms with E-state index in [2.05, 4.69) is 23.5 Å². The Labute approximate surface area is 265 Å². The van der Waals surface area contributed by atoms with E-state index >= 15 is 0 Å². The van der Waals surface area contributed by atoms with Gasteiger partial charge >= 0.3 is 5.97 Å². The van der Waals surface area contributed by atoms with Crippen molar-refractivity contribution in [1.29, 1.82) is 0 Å². The van der Waals surface area contributed by atoms with E-state index in [1.54, 1.807) is 15.7 Å². The molecule has 0 aliphatic carbocycles. The van der Waals surface area contributed by atoms with E-state index in [1.165, 1.54) is 4.90 Å². The molecule has 11 heteroatoms. The number of para-hydroxylation sites is 1. The number of nitrogens with zero attached hydrogens (tertiary/aromatic N) is 5. The van der Waals surface area contributed by atoms with E-state index in [4.69, 9.17) is 9.47 Å². The standard InChI is InChI=1S/C34H47N5O6/c1-6-9-10-13-19-44-32(43)28-27-30(41)39(24(21-40)20-23(4)5)29(34(27)17-16-33(28,8-3)45-34)31(42)37(18-7-2)22-38-26-15-12-11-14-25(26)35-36-38/h6-7,11-12,14-15,23-24,27-29,40H,1-2,8-10,13,16-22H2,3-5H3/t24-,27+,28+,29?,33-,34?/m1/s1. The van der Waals surface area contributed by atoms with Crippen molar-refractivity contribution in [2.24, 2.45) is 17.8 Å². The number of amides is 2. The number of fused-ring (bicyclic) bond motifs is 2. The van der Waals surface area contributed by atoms with Crippen molar-refractivity contribution in [3.05, 3.63) is 49.6 Å². The Morgan fingerprint density at radius 1 is 1.22 bits per heavy atom. The number of carbonyl (C=O) groups is 3. The first-order valence-corrected chi connectivity index (χ1v) is 16.3. The van der Waals surface area contributed by atoms with Crippen LogP contribution in [-0.4, -0.2) is 90.7 Å². The van der Waals surface area contributed by atoms with E-state index in [1.807, 2.05) is 51.1 Å². The number of aliphatic hydroxyl groups is 1. The highest BCUT2D eigenvalue weighted by Crippen LogP contribution is 2.65. The SMILES string of the molecule is C=CCCCCOC(=O)[C@@H]1[C@H]2C(=O)N([C@@H](CO)CC(C)C)C(C(=O)N(CC=C)Cn3nnc4ccccc43)C23CC[C@@]1(CC)O3. The predicted molar refractivity (Wildman–Crippen MR) is 168 cm³/mol. The van der Waals surface area contributed by atoms with Gasteiger partial charge in [0, 0.05) is 6.54 Å². The van der Waals surface area contributed by atoms with Gasteiger partial charge in [-0.3, -0.25) is 14.4 Å². The Hall–Kier alpha value is -3.57. The molecule has 45 heavy (non-hydrogen) atoms. The van der Waals surface area contributed by atoms with Gasteiger partial charge in [0.25, 0.3) is 0 Å². The maximum atomic E-state index is 14.9. The Balaban J connectivity index is 1.54. The molecule has 5 rings (SSSR count). The number of benzene rings is 1. The summed E-state index contributed by atoms with van der Waals surface area (Å²) in [5, 5.41) is 19.1. The van der Waals surface area contributed by atoms with Crippen LogP contribution in [0.3, 0.4) is 0 Å². The van der Waals surface area contributed by atoms with Gasteiger partial charge in [-0.1, -0.05) is 50.3 Å². The molecule has 0 radical (unpaired) electrons. The van der Waals surface area contributed by atoms with E-state index in [9.17, 15) is 19.5 Å². The molecule has 1 spiro atoms. The van der Waals surface area contributed by atoms with Crippen LogP contribution in [0.25, 0.3) is 11.0 Å². The second-order valence-electron chi connectivity index (χ2n) is 13.1. The number of esters is 1. The number of rotatable bonds is 16. The van der Waals surface area contributed by atoms with Crippen LogP contribution >= 0.6 is 0 Å². The zero-order chi connectivity index (χ0) is 32.4. The maximum Gasteiger partial charge on any atom is 0.312 e. The van der Waals surface area contributed by atoms with Crippen LogP contribution in [0.15, 0.2) is 49.6 Å². The summed E-state index contributed by atoms with van der Waals surface area (Å²) in [6.07, 6.45) is 7.81. The highest BCUT2D eigenvalue weighted by Gasteiger charge is 2.79. The smallest absolute Gasteiger partial charge is 0.312 e. The fourth-order valence-corrected chi connectivity index (χ4v) is 7.89. The zero-order valence-electron chi connectivity index (χ0n) is 26.8. The molecule has 2 bridgehead atoms. The van der Waals surface area contributed by atoms with Gasteiger partial charge in [0.2, 0.25) is 11.8 Å². The first-order chi connectivity index (χ1) is 21.7. The van der Waals surface area contributed by atoms with Crippen LogP contribution in [0.5, 0.6) is 0 Å². The lowest BCUT2D eigenvalue weighted by molar-refractivity contribution is -0.164. The minimum absolute atomic E-state index is 0.0771. The van der Waals surface area contributed by atoms with Gasteiger partial charge in [0.15, 0.2) is 0 Å². The number of carbonyl (C=O) groups excluding carboxylic acids is 3. The van der Waals surface area contributed by atoms with Gasteiger partial charge in [-0.25, -0.2) is 4.68 Å². The molecule has 2 aromatic rings. The molecule has 2 amide bonds. The minimum Gasteiger partial charge on any atom is -0.465 e. The highest BCUT2D eigenvalue weighted by atomic mass is 16.6. The van der Waals surface area contributed by atoms with Crippen molar-refractivity contribution in [2.75, 3.05) is 19.8 Å². The second-order valence-corrected chi connectivity index (χ2v) is 13.1. The zero-order valence-corrected chi connectivity index (χ0v) is 26.8. The number of aliphatic hydroxyl groups excluding tert-OH is 1. The summed E-state index contributed by atoms with van der Waals surface area (Å²) in [5.41, 5.74) is -0.668. The van der Waals surface area contributed by atoms with E-state index in [0.717, 1.165) is 18.4 Å². The number of ether oxygens (including phenoxy) is 2. The summed E-state index contributed by atoms with van der Waals surface area (Å²) >= 11 is 0. The molecule has 3 saturated heterocycles. The predicted octanol–water partition coefficient (Wildman–Crippen LogP) is 3.86. The lowest BCUT2D eigenvalue weighted by atomic mass is 9.65. The molecule has 1 aromatic heterocycles. The van der Waals surface area contributed by atoms with Crippen molar-refractivity contribution in [3.8, 4) is 0 Å². The molecule has 6 atom stereocenters. The first kappa shape index (κ1) is 32.8. The van der Waals surface area contributed by atoms with E-state index in [0.29, 0.717) is 37.6 Å².